The molecule has 1 aliphatic heterocycles. The fraction of sp³-hybridized carbons (Fsp3) is 0.273. The van der Waals surface area contributed by atoms with Gasteiger partial charge in [-0.15, -0.1) is 0 Å². The predicted octanol–water partition coefficient (Wildman–Crippen LogP) is 1.84. The zero-order valence-corrected chi connectivity index (χ0v) is 15.5. The lowest BCUT2D eigenvalue weighted by Crippen LogP contribution is -2.28. The van der Waals surface area contributed by atoms with Crippen molar-refractivity contribution in [1.82, 2.24) is 5.01 Å². The molecule has 146 valence electrons. The summed E-state index contributed by atoms with van der Waals surface area (Å²) in [5.41, 5.74) is 5.78. The molecule has 4 atom stereocenters. The molecule has 2 aliphatic carbocycles. The summed E-state index contributed by atoms with van der Waals surface area (Å²) in [4.78, 5) is 36.8. The van der Waals surface area contributed by atoms with E-state index in [0.29, 0.717) is 11.3 Å². The second kappa shape index (κ2) is 6.55. The second-order valence-electron chi connectivity index (χ2n) is 7.69. The third-order valence-corrected chi connectivity index (χ3v) is 6.05. The molecule has 2 aromatic carbocycles. The molecule has 3 aliphatic rings. The van der Waals surface area contributed by atoms with Gasteiger partial charge in [-0.05, 0) is 35.1 Å². The fourth-order valence-corrected chi connectivity index (χ4v) is 4.80. The summed E-state index contributed by atoms with van der Waals surface area (Å²) in [5, 5.41) is 7.03. The van der Waals surface area contributed by atoms with Gasteiger partial charge in [-0.25, -0.2) is 0 Å². The number of imide groups is 1. The second-order valence-corrected chi connectivity index (χ2v) is 7.69. The molecule has 1 saturated carbocycles. The number of hydrogen-bond acceptors (Lipinski definition) is 5. The Bertz CT molecular complexity index is 1080. The molecule has 0 aromatic heterocycles. The highest BCUT2D eigenvalue weighted by molar-refractivity contribution is 6.08. The maximum absolute atomic E-state index is 12.8. The number of fused-ring (bicyclic) bond motifs is 6. The molecular formula is C22H19N3O4. The van der Waals surface area contributed by atoms with E-state index in [1.807, 2.05) is 42.5 Å². The van der Waals surface area contributed by atoms with Gasteiger partial charge in [-0.3, -0.25) is 14.4 Å². The number of allylic oxidation sites excluding steroid dienone is 2. The SMILES string of the molecule is NC(=O)COc1ccc2ccccc2c1C=NN1C(=O)[C@@H]2[C@H](C1=O)[C@H]1C=C[C@H]2C1. The Kier molecular flexibility index (Phi) is 3.97. The topological polar surface area (TPSA) is 102 Å². The van der Waals surface area contributed by atoms with Crippen molar-refractivity contribution in [2.75, 3.05) is 6.61 Å². The zero-order valence-electron chi connectivity index (χ0n) is 15.5. The van der Waals surface area contributed by atoms with Crippen LogP contribution in [0.2, 0.25) is 0 Å². The maximum Gasteiger partial charge on any atom is 0.255 e. The predicted molar refractivity (Wildman–Crippen MR) is 106 cm³/mol. The Labute approximate surface area is 166 Å². The third-order valence-electron chi connectivity index (χ3n) is 6.05. The van der Waals surface area contributed by atoms with Crippen LogP contribution in [-0.2, 0) is 14.4 Å². The molecular weight excluding hydrogens is 370 g/mol. The van der Waals surface area contributed by atoms with Crippen LogP contribution in [0.1, 0.15) is 12.0 Å². The Morgan fingerprint density at radius 2 is 1.79 bits per heavy atom. The molecule has 1 saturated heterocycles. The van der Waals surface area contributed by atoms with Crippen LogP contribution in [0.4, 0.5) is 0 Å². The van der Waals surface area contributed by atoms with Gasteiger partial charge < -0.3 is 10.5 Å². The standard InChI is InChI=1S/C22H19N3O4/c23-18(26)11-29-17-8-7-12-3-1-2-4-15(12)16(17)10-24-25-21(27)19-13-5-6-14(9-13)20(19)22(25)28/h1-8,10,13-14,19-20H,9,11H2,(H2,23,26)/t13-,14-,19-,20+/m0/s1. The van der Waals surface area contributed by atoms with E-state index in [-0.39, 0.29) is 42.1 Å². The van der Waals surface area contributed by atoms with Gasteiger partial charge in [-0.1, -0.05) is 42.5 Å². The van der Waals surface area contributed by atoms with Crippen molar-refractivity contribution in [3.63, 3.8) is 0 Å². The van der Waals surface area contributed by atoms with E-state index >= 15 is 0 Å². The molecule has 2 fully saturated rings. The fourth-order valence-electron chi connectivity index (χ4n) is 4.80. The molecule has 7 nitrogen and oxygen atoms in total. The number of amides is 3. The van der Waals surface area contributed by atoms with Crippen LogP contribution in [0.5, 0.6) is 5.75 Å². The van der Waals surface area contributed by atoms with Gasteiger partial charge in [0, 0.05) is 5.56 Å². The van der Waals surface area contributed by atoms with Crippen LogP contribution in [-0.4, -0.2) is 35.6 Å². The van der Waals surface area contributed by atoms with Crippen molar-refractivity contribution in [1.29, 1.82) is 0 Å². The van der Waals surface area contributed by atoms with E-state index in [0.717, 1.165) is 22.2 Å². The van der Waals surface area contributed by atoms with Crippen molar-refractivity contribution >= 4 is 34.7 Å². The Hall–Kier alpha value is -3.48. The van der Waals surface area contributed by atoms with E-state index < -0.39 is 5.91 Å². The van der Waals surface area contributed by atoms with Crippen molar-refractivity contribution in [3.05, 3.63) is 54.1 Å². The van der Waals surface area contributed by atoms with E-state index in [2.05, 4.69) is 5.10 Å². The largest absolute Gasteiger partial charge is 0.483 e. The third kappa shape index (κ3) is 2.73. The molecule has 1 heterocycles. The van der Waals surface area contributed by atoms with Gasteiger partial charge in [0.1, 0.15) is 5.75 Å². The number of carbonyl (C=O) groups is 3. The highest BCUT2D eigenvalue weighted by Gasteiger charge is 2.59. The summed E-state index contributed by atoms with van der Waals surface area (Å²) in [7, 11) is 0. The first-order chi connectivity index (χ1) is 14.0. The average molecular weight is 389 g/mol. The smallest absolute Gasteiger partial charge is 0.255 e. The summed E-state index contributed by atoms with van der Waals surface area (Å²) >= 11 is 0. The van der Waals surface area contributed by atoms with Crippen molar-refractivity contribution in [2.24, 2.45) is 34.5 Å². The minimum atomic E-state index is -0.596. The molecule has 0 radical (unpaired) electrons. The van der Waals surface area contributed by atoms with Crippen LogP contribution in [0, 0.1) is 23.7 Å². The van der Waals surface area contributed by atoms with Gasteiger partial charge >= 0.3 is 0 Å². The number of hydrogen-bond donors (Lipinski definition) is 1. The molecule has 2 aromatic rings. The first kappa shape index (κ1) is 17.6. The van der Waals surface area contributed by atoms with Gasteiger partial charge in [0.05, 0.1) is 18.1 Å². The molecule has 2 N–H and O–H groups in total. The summed E-state index contributed by atoms with van der Waals surface area (Å²) < 4.78 is 5.53. The number of benzene rings is 2. The summed E-state index contributed by atoms with van der Waals surface area (Å²) in [6.07, 6.45) is 6.43. The van der Waals surface area contributed by atoms with Crippen molar-refractivity contribution in [3.8, 4) is 5.75 Å². The first-order valence-corrected chi connectivity index (χ1v) is 9.57. The monoisotopic (exact) mass is 389 g/mol. The minimum absolute atomic E-state index is 0.133. The van der Waals surface area contributed by atoms with Crippen LogP contribution >= 0.6 is 0 Å². The van der Waals surface area contributed by atoms with Gasteiger partial charge in [0.15, 0.2) is 6.61 Å². The van der Waals surface area contributed by atoms with Gasteiger partial charge in [0.2, 0.25) is 0 Å². The number of ether oxygens (including phenoxy) is 1. The Morgan fingerprint density at radius 1 is 1.10 bits per heavy atom. The molecule has 7 heteroatoms. The molecule has 2 bridgehead atoms. The van der Waals surface area contributed by atoms with E-state index in [1.54, 1.807) is 6.07 Å². The average Bonchev–Trinajstić information content (AvgIpc) is 3.39. The van der Waals surface area contributed by atoms with Gasteiger partial charge in [0.25, 0.3) is 17.7 Å². The van der Waals surface area contributed by atoms with Crippen LogP contribution in [0.25, 0.3) is 10.8 Å². The van der Waals surface area contributed by atoms with Crippen LogP contribution in [0.3, 0.4) is 0 Å². The summed E-state index contributed by atoms with van der Waals surface area (Å²) in [6, 6.07) is 11.2. The summed E-state index contributed by atoms with van der Waals surface area (Å²) in [5.74, 6) is -1.00. The van der Waals surface area contributed by atoms with Crippen LogP contribution < -0.4 is 10.5 Å². The number of nitrogens with two attached hydrogens (primary N) is 1. The molecule has 5 rings (SSSR count). The lowest BCUT2D eigenvalue weighted by Gasteiger charge is -2.13. The summed E-state index contributed by atoms with van der Waals surface area (Å²) in [6.45, 7) is -0.278. The van der Waals surface area contributed by atoms with Gasteiger partial charge in [-0.2, -0.15) is 10.1 Å². The lowest BCUT2D eigenvalue weighted by atomic mass is 9.85. The maximum atomic E-state index is 12.8. The highest BCUT2D eigenvalue weighted by Crippen LogP contribution is 2.52. The molecule has 0 spiro atoms. The number of carbonyl (C=O) groups excluding carboxylic acids is 3. The number of rotatable bonds is 5. The number of hydrazone groups is 1. The Morgan fingerprint density at radius 3 is 2.48 bits per heavy atom. The van der Waals surface area contributed by atoms with E-state index in [1.165, 1.54) is 6.21 Å². The molecule has 0 unspecified atom stereocenters. The minimum Gasteiger partial charge on any atom is -0.483 e. The van der Waals surface area contributed by atoms with Crippen molar-refractivity contribution < 1.29 is 19.1 Å². The lowest BCUT2D eigenvalue weighted by molar-refractivity contribution is -0.140. The number of primary amides is 1. The van der Waals surface area contributed by atoms with E-state index in [4.69, 9.17) is 10.5 Å². The highest BCUT2D eigenvalue weighted by atomic mass is 16.5. The van der Waals surface area contributed by atoms with Crippen molar-refractivity contribution in [2.45, 2.75) is 6.42 Å². The molecule has 3 amide bonds. The Balaban J connectivity index is 1.50. The van der Waals surface area contributed by atoms with E-state index in [9.17, 15) is 14.4 Å². The first-order valence-electron chi connectivity index (χ1n) is 9.57. The number of nitrogens with zero attached hydrogens (tertiary/aromatic N) is 2. The zero-order chi connectivity index (χ0) is 20.1. The molecule has 29 heavy (non-hydrogen) atoms. The van der Waals surface area contributed by atoms with Crippen LogP contribution in [0.15, 0.2) is 53.7 Å². The normalized spacial score (nSPS) is 27.4. The quantitative estimate of drug-likeness (QED) is 0.479.